The Bertz CT molecular complexity index is 97.4. The minimum Gasteiger partial charge on any atom is -0.330 e. The van der Waals surface area contributed by atoms with Crippen molar-refractivity contribution >= 4 is 0 Å². The Morgan fingerprint density at radius 2 is 2.10 bits per heavy atom. The molecule has 10 heavy (non-hydrogen) atoms. The molecule has 0 aromatic carbocycles. The highest BCUT2D eigenvalue weighted by molar-refractivity contribution is 5.03. The average molecular weight is 142 g/mol. The molecule has 0 amide bonds. The van der Waals surface area contributed by atoms with E-state index in [4.69, 9.17) is 11.5 Å². The normalized spacial score (nSPS) is 12.1. The molecule has 0 aromatic rings. The Balaban J connectivity index is 3.55. The Hall–Kier alpha value is -0.340. The van der Waals surface area contributed by atoms with Gasteiger partial charge in [-0.15, -0.1) is 0 Å². The van der Waals surface area contributed by atoms with Crippen molar-refractivity contribution in [3.63, 3.8) is 0 Å². The number of nitrogens with two attached hydrogens (primary N) is 2. The molecule has 0 saturated carbocycles. The van der Waals surface area contributed by atoms with Gasteiger partial charge in [-0.2, -0.15) is 0 Å². The zero-order valence-electron chi connectivity index (χ0n) is 6.77. The molecule has 0 aliphatic rings. The SMILES string of the molecule is CCC/C=C(/CN)CCN. The maximum atomic E-state index is 5.48. The van der Waals surface area contributed by atoms with Gasteiger partial charge in [-0.25, -0.2) is 0 Å². The van der Waals surface area contributed by atoms with Crippen LogP contribution in [0.2, 0.25) is 0 Å². The number of allylic oxidation sites excluding steroid dienone is 1. The van der Waals surface area contributed by atoms with E-state index in [9.17, 15) is 0 Å². The fourth-order valence-corrected chi connectivity index (χ4v) is 0.821. The quantitative estimate of drug-likeness (QED) is 0.563. The Labute approximate surface area is 63.3 Å². The first kappa shape index (κ1) is 9.66. The molecule has 4 N–H and O–H groups in total. The second kappa shape index (κ2) is 6.78. The molecule has 0 heterocycles. The van der Waals surface area contributed by atoms with Crippen LogP contribution in [-0.4, -0.2) is 13.1 Å². The molecule has 0 radical (unpaired) electrons. The van der Waals surface area contributed by atoms with Crippen LogP contribution in [0.25, 0.3) is 0 Å². The zero-order valence-corrected chi connectivity index (χ0v) is 6.77. The number of unbranched alkanes of at least 4 members (excludes halogenated alkanes) is 1. The summed E-state index contributed by atoms with van der Waals surface area (Å²) >= 11 is 0. The minimum atomic E-state index is 0.664. The lowest BCUT2D eigenvalue weighted by molar-refractivity contribution is 0.876. The molecule has 60 valence electrons. The molecular formula is C8H18N2. The lowest BCUT2D eigenvalue weighted by Gasteiger charge is -2.00. The van der Waals surface area contributed by atoms with E-state index in [1.807, 2.05) is 0 Å². The summed E-state index contributed by atoms with van der Waals surface area (Å²) in [5, 5.41) is 0. The summed E-state index contributed by atoms with van der Waals surface area (Å²) < 4.78 is 0. The summed E-state index contributed by atoms with van der Waals surface area (Å²) in [6.45, 7) is 3.54. The van der Waals surface area contributed by atoms with Gasteiger partial charge in [0.2, 0.25) is 0 Å². The van der Waals surface area contributed by atoms with Gasteiger partial charge in [-0.05, 0) is 19.4 Å². The molecule has 0 aliphatic carbocycles. The highest BCUT2D eigenvalue weighted by Gasteiger charge is 1.90. The molecule has 2 nitrogen and oxygen atoms in total. The molecular weight excluding hydrogens is 124 g/mol. The van der Waals surface area contributed by atoms with Crippen molar-refractivity contribution in [3.05, 3.63) is 11.6 Å². The lowest BCUT2D eigenvalue weighted by atomic mass is 10.1. The van der Waals surface area contributed by atoms with Crippen LogP contribution in [0.1, 0.15) is 26.2 Å². The molecule has 0 fully saturated rings. The average Bonchev–Trinajstić information content (AvgIpc) is 1.98. The first-order chi connectivity index (χ1) is 4.85. The molecule has 0 unspecified atom stereocenters. The second-order valence-electron chi connectivity index (χ2n) is 2.39. The highest BCUT2D eigenvalue weighted by Crippen LogP contribution is 2.00. The van der Waals surface area contributed by atoms with Gasteiger partial charge in [0, 0.05) is 6.54 Å². The third kappa shape index (κ3) is 4.53. The first-order valence-corrected chi connectivity index (χ1v) is 3.93. The standard InChI is InChI=1S/C8H18N2/c1-2-3-4-8(7-10)5-6-9/h4H,2-3,5-7,9-10H2,1H3/b8-4+. The molecule has 0 atom stereocenters. The molecule has 0 bridgehead atoms. The van der Waals surface area contributed by atoms with Gasteiger partial charge in [0.15, 0.2) is 0 Å². The van der Waals surface area contributed by atoms with Crippen LogP contribution < -0.4 is 11.5 Å². The summed E-state index contributed by atoms with van der Waals surface area (Å²) in [7, 11) is 0. The number of hydrogen-bond donors (Lipinski definition) is 2. The third-order valence-electron chi connectivity index (χ3n) is 1.45. The molecule has 0 aliphatic heterocycles. The fraction of sp³-hybridized carbons (Fsp3) is 0.750. The summed E-state index contributed by atoms with van der Waals surface area (Å²) in [4.78, 5) is 0. The van der Waals surface area contributed by atoms with Crippen LogP contribution >= 0.6 is 0 Å². The van der Waals surface area contributed by atoms with Crippen LogP contribution in [0.15, 0.2) is 11.6 Å². The Kier molecular flexibility index (Phi) is 6.55. The Morgan fingerprint density at radius 3 is 2.50 bits per heavy atom. The molecule has 0 saturated heterocycles. The molecule has 0 rings (SSSR count). The predicted octanol–water partition coefficient (Wildman–Crippen LogP) is 1.02. The van der Waals surface area contributed by atoms with E-state index < -0.39 is 0 Å². The van der Waals surface area contributed by atoms with E-state index in [1.54, 1.807) is 0 Å². The van der Waals surface area contributed by atoms with Gasteiger partial charge in [-0.1, -0.05) is 25.0 Å². The van der Waals surface area contributed by atoms with Crippen molar-refractivity contribution in [1.29, 1.82) is 0 Å². The smallest absolute Gasteiger partial charge is 0.0137 e. The summed E-state index contributed by atoms with van der Waals surface area (Å²) in [5.41, 5.74) is 12.2. The Morgan fingerprint density at radius 1 is 1.40 bits per heavy atom. The molecule has 0 spiro atoms. The van der Waals surface area contributed by atoms with Gasteiger partial charge >= 0.3 is 0 Å². The summed E-state index contributed by atoms with van der Waals surface area (Å²) in [6, 6.07) is 0. The van der Waals surface area contributed by atoms with E-state index in [2.05, 4.69) is 13.0 Å². The van der Waals surface area contributed by atoms with Crippen LogP contribution in [-0.2, 0) is 0 Å². The van der Waals surface area contributed by atoms with E-state index in [0.29, 0.717) is 13.1 Å². The topological polar surface area (TPSA) is 52.0 Å². The van der Waals surface area contributed by atoms with E-state index >= 15 is 0 Å². The van der Waals surface area contributed by atoms with Gasteiger partial charge in [0.05, 0.1) is 0 Å². The second-order valence-corrected chi connectivity index (χ2v) is 2.39. The van der Waals surface area contributed by atoms with Gasteiger partial charge in [0.25, 0.3) is 0 Å². The van der Waals surface area contributed by atoms with Crippen LogP contribution in [0, 0.1) is 0 Å². The maximum Gasteiger partial charge on any atom is 0.0137 e. The van der Waals surface area contributed by atoms with Crippen LogP contribution in [0.5, 0.6) is 0 Å². The lowest BCUT2D eigenvalue weighted by Crippen LogP contribution is -2.08. The van der Waals surface area contributed by atoms with Crippen molar-refractivity contribution in [2.24, 2.45) is 11.5 Å². The van der Waals surface area contributed by atoms with Crippen LogP contribution in [0.4, 0.5) is 0 Å². The third-order valence-corrected chi connectivity index (χ3v) is 1.45. The van der Waals surface area contributed by atoms with Crippen molar-refractivity contribution < 1.29 is 0 Å². The molecule has 2 heteroatoms. The van der Waals surface area contributed by atoms with Gasteiger partial charge < -0.3 is 11.5 Å². The van der Waals surface area contributed by atoms with Crippen LogP contribution in [0.3, 0.4) is 0 Å². The first-order valence-electron chi connectivity index (χ1n) is 3.93. The number of rotatable bonds is 5. The van der Waals surface area contributed by atoms with Crippen molar-refractivity contribution in [1.82, 2.24) is 0 Å². The highest BCUT2D eigenvalue weighted by atomic mass is 14.6. The maximum absolute atomic E-state index is 5.48. The predicted molar refractivity (Wildman–Crippen MR) is 45.7 cm³/mol. The van der Waals surface area contributed by atoms with E-state index in [1.165, 1.54) is 12.0 Å². The largest absolute Gasteiger partial charge is 0.330 e. The molecule has 0 aromatic heterocycles. The zero-order chi connectivity index (χ0) is 7.82. The van der Waals surface area contributed by atoms with Crippen molar-refractivity contribution in [2.45, 2.75) is 26.2 Å². The number of hydrogen-bond acceptors (Lipinski definition) is 2. The van der Waals surface area contributed by atoms with Gasteiger partial charge in [0.1, 0.15) is 0 Å². The fourth-order valence-electron chi connectivity index (χ4n) is 0.821. The van der Waals surface area contributed by atoms with Crippen molar-refractivity contribution in [2.75, 3.05) is 13.1 Å². The monoisotopic (exact) mass is 142 g/mol. The van der Waals surface area contributed by atoms with Gasteiger partial charge in [-0.3, -0.25) is 0 Å². The summed E-state index contributed by atoms with van der Waals surface area (Å²) in [6.07, 6.45) is 5.48. The minimum absolute atomic E-state index is 0.664. The van der Waals surface area contributed by atoms with E-state index in [-0.39, 0.29) is 0 Å². The van der Waals surface area contributed by atoms with Crippen molar-refractivity contribution in [3.8, 4) is 0 Å². The van der Waals surface area contributed by atoms with E-state index in [0.717, 1.165) is 12.8 Å². The summed E-state index contributed by atoms with van der Waals surface area (Å²) in [5.74, 6) is 0.